The van der Waals surface area contributed by atoms with E-state index in [2.05, 4.69) is 28.4 Å². The van der Waals surface area contributed by atoms with Crippen molar-refractivity contribution in [1.29, 1.82) is 0 Å². The predicted molar refractivity (Wildman–Crippen MR) is 119 cm³/mol. The van der Waals surface area contributed by atoms with Crippen LogP contribution in [0, 0.1) is 11.8 Å². The van der Waals surface area contributed by atoms with Crippen molar-refractivity contribution in [3.05, 3.63) is 36.1 Å². The maximum atomic E-state index is 12.2. The van der Waals surface area contributed by atoms with Crippen LogP contribution in [0.5, 0.6) is 0 Å². The van der Waals surface area contributed by atoms with Gasteiger partial charge in [0.25, 0.3) is 0 Å². The Kier molecular flexibility index (Phi) is 6.12. The van der Waals surface area contributed by atoms with Gasteiger partial charge in [-0.05, 0) is 88.9 Å². The molecule has 30 heavy (non-hydrogen) atoms. The molecule has 0 radical (unpaired) electrons. The first kappa shape index (κ1) is 20.1. The van der Waals surface area contributed by atoms with Crippen molar-refractivity contribution < 1.29 is 9.21 Å². The van der Waals surface area contributed by atoms with Crippen LogP contribution in [-0.4, -0.2) is 29.9 Å². The van der Waals surface area contributed by atoms with Crippen LogP contribution >= 0.6 is 0 Å². The molecule has 1 saturated heterocycles. The number of amides is 1. The molecule has 2 aliphatic heterocycles. The third kappa shape index (κ3) is 4.44. The smallest absolute Gasteiger partial charge is 0.223 e. The van der Waals surface area contributed by atoms with Gasteiger partial charge in [-0.1, -0.05) is 25.0 Å². The summed E-state index contributed by atoms with van der Waals surface area (Å²) in [5, 5.41) is 3.33. The largest absolute Gasteiger partial charge is 0.464 e. The number of hydrogen-bond acceptors (Lipinski definition) is 3. The van der Waals surface area contributed by atoms with E-state index in [-0.39, 0.29) is 0 Å². The fourth-order valence-electron chi connectivity index (χ4n) is 5.73. The maximum Gasteiger partial charge on any atom is 0.223 e. The molecule has 1 N–H and O–H groups in total. The van der Waals surface area contributed by atoms with Crippen LogP contribution in [0.1, 0.15) is 82.2 Å². The molecule has 1 unspecified atom stereocenters. The molecule has 2 heterocycles. The van der Waals surface area contributed by atoms with Crippen LogP contribution in [-0.2, 0) is 4.79 Å². The fraction of sp³-hybridized carbons (Fsp3) is 0.654. The predicted octanol–water partition coefficient (Wildman–Crippen LogP) is 5.78. The van der Waals surface area contributed by atoms with Gasteiger partial charge in [0.2, 0.25) is 5.91 Å². The van der Waals surface area contributed by atoms with Crippen molar-refractivity contribution >= 4 is 5.91 Å². The zero-order valence-corrected chi connectivity index (χ0v) is 18.2. The second kappa shape index (κ2) is 9.13. The lowest BCUT2D eigenvalue weighted by molar-refractivity contribution is -0.128. The lowest BCUT2D eigenvalue weighted by atomic mass is 9.82. The lowest BCUT2D eigenvalue weighted by Gasteiger charge is -2.38. The molecular formula is C26H36N2O2. The standard InChI is InChI=1S/C26H36N2O2/c29-26(20-5-3-6-20)27-23-12-10-19(11-13-23)14-16-28-15-2-1-8-24(28)22-17-21-7-4-9-25(21)30-18-22/h4,7,9,17-20,23-24H,1-3,5-6,8,10-16H2,(H,27,29). The van der Waals surface area contributed by atoms with E-state index < -0.39 is 0 Å². The number of carbonyl (C=O) groups excluding carboxylic acids is 1. The van der Waals surface area contributed by atoms with Crippen LogP contribution in [0.2, 0.25) is 0 Å². The van der Waals surface area contributed by atoms with Crippen LogP contribution in [0.15, 0.2) is 34.9 Å². The van der Waals surface area contributed by atoms with Crippen LogP contribution < -0.4 is 5.32 Å². The average Bonchev–Trinajstić information content (AvgIpc) is 3.20. The van der Waals surface area contributed by atoms with Crippen molar-refractivity contribution in [2.24, 2.45) is 11.8 Å². The quantitative estimate of drug-likeness (QED) is 0.659. The van der Waals surface area contributed by atoms with Crippen molar-refractivity contribution in [3.63, 3.8) is 0 Å². The first-order valence-corrected chi connectivity index (χ1v) is 12.3. The Bertz CT molecular complexity index is 803. The number of rotatable bonds is 6. The van der Waals surface area contributed by atoms with E-state index in [0.717, 1.165) is 24.5 Å². The molecule has 5 aliphatic rings. The summed E-state index contributed by atoms with van der Waals surface area (Å²) in [7, 11) is 0. The number of fused-ring (bicyclic) bond motifs is 1. The Hall–Kier alpha value is -1.81. The number of piperidine rings is 1. The van der Waals surface area contributed by atoms with Gasteiger partial charge in [-0.2, -0.15) is 0 Å². The van der Waals surface area contributed by atoms with Crippen molar-refractivity contribution in [3.8, 4) is 11.3 Å². The average molecular weight is 409 g/mol. The lowest BCUT2D eigenvalue weighted by Crippen LogP contribution is -2.43. The summed E-state index contributed by atoms with van der Waals surface area (Å²) in [5.41, 5.74) is 2.57. The van der Waals surface area contributed by atoms with Crippen LogP contribution in [0.3, 0.4) is 0 Å². The minimum Gasteiger partial charge on any atom is -0.464 e. The van der Waals surface area contributed by atoms with Gasteiger partial charge in [0, 0.05) is 29.1 Å². The molecule has 3 fully saturated rings. The molecule has 0 bridgehead atoms. The van der Waals surface area contributed by atoms with Gasteiger partial charge in [-0.15, -0.1) is 0 Å². The van der Waals surface area contributed by atoms with Gasteiger partial charge in [-0.25, -0.2) is 0 Å². The van der Waals surface area contributed by atoms with Gasteiger partial charge in [0.1, 0.15) is 5.76 Å². The third-order valence-corrected chi connectivity index (χ3v) is 7.94. The van der Waals surface area contributed by atoms with Gasteiger partial charge >= 0.3 is 0 Å². The summed E-state index contributed by atoms with van der Waals surface area (Å²) >= 11 is 0. The highest BCUT2D eigenvalue weighted by Crippen LogP contribution is 2.36. The number of carbonyl (C=O) groups is 1. The first-order valence-electron chi connectivity index (χ1n) is 12.3. The van der Waals surface area contributed by atoms with E-state index in [1.807, 2.05) is 12.3 Å². The Morgan fingerprint density at radius 3 is 2.70 bits per heavy atom. The summed E-state index contributed by atoms with van der Waals surface area (Å²) in [5.74, 6) is 2.44. The monoisotopic (exact) mass is 408 g/mol. The molecule has 0 spiro atoms. The Morgan fingerprint density at radius 2 is 1.90 bits per heavy atom. The van der Waals surface area contributed by atoms with E-state index in [0.29, 0.717) is 23.9 Å². The first-order chi connectivity index (χ1) is 14.8. The highest BCUT2D eigenvalue weighted by Gasteiger charge is 2.30. The number of hydrogen-bond donors (Lipinski definition) is 1. The van der Waals surface area contributed by atoms with Crippen LogP contribution in [0.25, 0.3) is 11.3 Å². The topological polar surface area (TPSA) is 45.5 Å². The zero-order chi connectivity index (χ0) is 20.3. The molecule has 2 saturated carbocycles. The highest BCUT2D eigenvalue weighted by molar-refractivity contribution is 5.79. The van der Waals surface area contributed by atoms with Crippen molar-refractivity contribution in [2.45, 2.75) is 82.7 Å². The Labute approximate surface area is 180 Å². The van der Waals surface area contributed by atoms with Gasteiger partial charge in [0.15, 0.2) is 0 Å². The maximum absolute atomic E-state index is 12.2. The van der Waals surface area contributed by atoms with Gasteiger partial charge in [-0.3, -0.25) is 9.69 Å². The normalized spacial score (nSPS) is 28.3. The number of likely N-dealkylation sites (tertiary alicyclic amines) is 1. The molecular weight excluding hydrogens is 372 g/mol. The van der Waals surface area contributed by atoms with E-state index in [9.17, 15) is 4.79 Å². The molecule has 4 nitrogen and oxygen atoms in total. The molecule has 1 atom stereocenters. The Balaban J connectivity index is 1.12. The van der Waals surface area contributed by atoms with E-state index in [4.69, 9.17) is 4.42 Å². The number of nitrogens with zero attached hydrogens (tertiary/aromatic N) is 1. The van der Waals surface area contributed by atoms with Crippen molar-refractivity contribution in [2.75, 3.05) is 13.1 Å². The SMILES string of the molecule is O=C(NC1CCC(CCN2CCCCC2c2coc3cccc-3c2)CC1)C1CCC1. The Morgan fingerprint density at radius 1 is 1.03 bits per heavy atom. The molecule has 0 aromatic heterocycles. The fourth-order valence-corrected chi connectivity index (χ4v) is 5.73. The van der Waals surface area contributed by atoms with E-state index in [1.54, 1.807) is 0 Å². The summed E-state index contributed by atoms with van der Waals surface area (Å²) in [6, 6.07) is 9.52. The van der Waals surface area contributed by atoms with Gasteiger partial charge in [0.05, 0.1) is 6.26 Å². The summed E-state index contributed by atoms with van der Waals surface area (Å²) in [4.78, 5) is 14.9. The molecule has 3 aliphatic carbocycles. The molecule has 1 amide bonds. The second-order valence-electron chi connectivity index (χ2n) is 9.92. The molecule has 5 rings (SSSR count). The minimum absolute atomic E-state index is 0.318. The summed E-state index contributed by atoms with van der Waals surface area (Å²) in [6.45, 7) is 2.39. The third-order valence-electron chi connectivity index (χ3n) is 7.94. The summed E-state index contributed by atoms with van der Waals surface area (Å²) < 4.78 is 5.89. The van der Waals surface area contributed by atoms with Gasteiger partial charge < -0.3 is 9.73 Å². The molecule has 0 aromatic rings. The van der Waals surface area contributed by atoms with Crippen molar-refractivity contribution in [1.82, 2.24) is 10.2 Å². The highest BCUT2D eigenvalue weighted by atomic mass is 16.3. The van der Waals surface area contributed by atoms with E-state index >= 15 is 0 Å². The van der Waals surface area contributed by atoms with E-state index in [1.165, 1.54) is 82.0 Å². The minimum atomic E-state index is 0.318. The summed E-state index contributed by atoms with van der Waals surface area (Å²) in [6.07, 6.45) is 15.4. The molecule has 0 aromatic carbocycles. The molecule has 4 heteroatoms. The van der Waals surface area contributed by atoms with Crippen LogP contribution in [0.4, 0.5) is 0 Å². The number of nitrogens with one attached hydrogen (secondary N) is 1. The zero-order valence-electron chi connectivity index (χ0n) is 18.2. The second-order valence-corrected chi connectivity index (χ2v) is 9.92. The molecule has 162 valence electrons.